The van der Waals surface area contributed by atoms with Crippen LogP contribution < -0.4 is 4.90 Å². The summed E-state index contributed by atoms with van der Waals surface area (Å²) >= 11 is 0. The first-order chi connectivity index (χ1) is 10.2. The molecule has 5 heteroatoms. The van der Waals surface area contributed by atoms with E-state index in [1.165, 1.54) is 0 Å². The van der Waals surface area contributed by atoms with Gasteiger partial charge in [-0.3, -0.25) is 4.98 Å². The molecule has 0 unspecified atom stereocenters. The topological polar surface area (TPSA) is 69.4 Å². The predicted molar refractivity (Wildman–Crippen MR) is 80.1 cm³/mol. The van der Waals surface area contributed by atoms with Crippen molar-refractivity contribution in [2.75, 3.05) is 24.6 Å². The predicted octanol–water partition coefficient (Wildman–Crippen LogP) is 1.69. The van der Waals surface area contributed by atoms with Crippen molar-refractivity contribution in [2.24, 2.45) is 0 Å². The number of rotatable bonds is 2. The van der Waals surface area contributed by atoms with Crippen LogP contribution in [-0.2, 0) is 4.74 Å². The number of fused-ring (bicyclic) bond motifs is 1. The van der Waals surface area contributed by atoms with Crippen molar-refractivity contribution in [3.63, 3.8) is 0 Å². The third-order valence-corrected chi connectivity index (χ3v) is 3.74. The quantitative estimate of drug-likeness (QED) is 0.908. The van der Waals surface area contributed by atoms with Crippen LogP contribution in [0.25, 0.3) is 10.9 Å². The van der Waals surface area contributed by atoms with E-state index in [1.807, 2.05) is 25.1 Å². The van der Waals surface area contributed by atoms with Gasteiger partial charge in [-0.2, -0.15) is 5.26 Å². The van der Waals surface area contributed by atoms with Gasteiger partial charge < -0.3 is 14.7 Å². The highest BCUT2D eigenvalue weighted by atomic mass is 16.5. The molecule has 0 bridgehead atoms. The minimum absolute atomic E-state index is 0.00724. The molecule has 1 aromatic heterocycles. The van der Waals surface area contributed by atoms with Gasteiger partial charge in [-0.05, 0) is 31.2 Å². The van der Waals surface area contributed by atoms with Crippen LogP contribution in [0.1, 0.15) is 12.5 Å². The molecule has 0 amide bonds. The molecular weight excluding hydrogens is 266 g/mol. The lowest BCUT2D eigenvalue weighted by Crippen LogP contribution is -2.48. The zero-order chi connectivity index (χ0) is 14.8. The second kappa shape index (κ2) is 5.68. The van der Waals surface area contributed by atoms with Crippen LogP contribution in [0.4, 0.5) is 5.69 Å². The maximum absolute atomic E-state index is 9.36. The third kappa shape index (κ3) is 2.56. The summed E-state index contributed by atoms with van der Waals surface area (Å²) in [5, 5.41) is 19.5. The molecule has 1 aliphatic rings. The van der Waals surface area contributed by atoms with Gasteiger partial charge in [0, 0.05) is 30.4 Å². The largest absolute Gasteiger partial charge is 0.394 e. The Bertz CT molecular complexity index is 695. The van der Waals surface area contributed by atoms with Crippen LogP contribution in [0, 0.1) is 11.3 Å². The van der Waals surface area contributed by atoms with E-state index in [4.69, 9.17) is 4.74 Å². The molecule has 108 valence electrons. The minimum Gasteiger partial charge on any atom is -0.394 e. The molecule has 0 spiro atoms. The van der Waals surface area contributed by atoms with Crippen molar-refractivity contribution in [2.45, 2.75) is 19.1 Å². The normalized spacial score (nSPS) is 22.2. The molecule has 1 aliphatic heterocycles. The van der Waals surface area contributed by atoms with E-state index in [0.717, 1.165) is 23.1 Å². The van der Waals surface area contributed by atoms with Gasteiger partial charge in [-0.1, -0.05) is 0 Å². The molecule has 0 aliphatic carbocycles. The molecule has 1 N–H and O–H groups in total. The Labute approximate surface area is 123 Å². The summed E-state index contributed by atoms with van der Waals surface area (Å²) in [4.78, 5) is 6.53. The fraction of sp³-hybridized carbons (Fsp3) is 0.375. The summed E-state index contributed by atoms with van der Waals surface area (Å²) in [5.74, 6) is 0. The fourth-order valence-corrected chi connectivity index (χ4v) is 2.87. The summed E-state index contributed by atoms with van der Waals surface area (Å²) in [6.07, 6.45) is 1.57. The van der Waals surface area contributed by atoms with Gasteiger partial charge in [0.1, 0.15) is 6.07 Å². The second-order valence-electron chi connectivity index (χ2n) is 5.30. The number of morpholine rings is 1. The number of ether oxygens (including phenoxy) is 1. The van der Waals surface area contributed by atoms with Gasteiger partial charge in [0.2, 0.25) is 0 Å². The van der Waals surface area contributed by atoms with Gasteiger partial charge >= 0.3 is 0 Å². The first-order valence-corrected chi connectivity index (χ1v) is 7.02. The molecule has 3 rings (SSSR count). The van der Waals surface area contributed by atoms with Crippen molar-refractivity contribution in [3.05, 3.63) is 36.0 Å². The van der Waals surface area contributed by atoms with Crippen LogP contribution >= 0.6 is 0 Å². The van der Waals surface area contributed by atoms with E-state index < -0.39 is 0 Å². The average Bonchev–Trinajstić information content (AvgIpc) is 2.53. The molecule has 1 aromatic carbocycles. The SMILES string of the molecule is C[C@@H]1CN(c2ccc(C#N)c3ncccc23)C[C@H](CO)O1. The molecule has 1 saturated heterocycles. The van der Waals surface area contributed by atoms with E-state index >= 15 is 0 Å². The Morgan fingerprint density at radius 1 is 1.43 bits per heavy atom. The number of hydrogen-bond acceptors (Lipinski definition) is 5. The highest BCUT2D eigenvalue weighted by Crippen LogP contribution is 2.30. The molecule has 0 saturated carbocycles. The Morgan fingerprint density at radius 3 is 3.05 bits per heavy atom. The third-order valence-electron chi connectivity index (χ3n) is 3.74. The maximum atomic E-state index is 9.36. The van der Waals surface area contributed by atoms with E-state index in [-0.39, 0.29) is 18.8 Å². The summed E-state index contributed by atoms with van der Waals surface area (Å²) < 4.78 is 5.68. The first-order valence-electron chi connectivity index (χ1n) is 7.02. The number of aliphatic hydroxyl groups is 1. The van der Waals surface area contributed by atoms with Gasteiger partial charge in [-0.25, -0.2) is 0 Å². The number of nitrogens with zero attached hydrogens (tertiary/aromatic N) is 3. The molecule has 21 heavy (non-hydrogen) atoms. The Balaban J connectivity index is 2.07. The van der Waals surface area contributed by atoms with Crippen LogP contribution in [0.3, 0.4) is 0 Å². The number of pyridine rings is 1. The number of anilines is 1. The number of nitriles is 1. The molecular formula is C16H17N3O2. The van der Waals surface area contributed by atoms with Crippen molar-refractivity contribution in [1.82, 2.24) is 4.98 Å². The van der Waals surface area contributed by atoms with Crippen molar-refractivity contribution >= 4 is 16.6 Å². The summed E-state index contributed by atoms with van der Waals surface area (Å²) in [6.45, 7) is 3.40. The summed E-state index contributed by atoms with van der Waals surface area (Å²) in [6, 6.07) is 9.79. The zero-order valence-electron chi connectivity index (χ0n) is 11.9. The van der Waals surface area contributed by atoms with E-state index in [9.17, 15) is 10.4 Å². The van der Waals surface area contributed by atoms with Gasteiger partial charge in [-0.15, -0.1) is 0 Å². The van der Waals surface area contributed by atoms with Crippen LogP contribution in [0.2, 0.25) is 0 Å². The summed E-state index contributed by atoms with van der Waals surface area (Å²) in [5.41, 5.74) is 2.33. The number of benzene rings is 1. The molecule has 2 aromatic rings. The van der Waals surface area contributed by atoms with Crippen LogP contribution in [0.5, 0.6) is 0 Å². The average molecular weight is 283 g/mol. The molecule has 0 radical (unpaired) electrons. The highest BCUT2D eigenvalue weighted by Gasteiger charge is 2.26. The molecule has 2 atom stereocenters. The Kier molecular flexibility index (Phi) is 3.74. The summed E-state index contributed by atoms with van der Waals surface area (Å²) in [7, 11) is 0. The van der Waals surface area contributed by atoms with E-state index in [1.54, 1.807) is 12.3 Å². The van der Waals surface area contributed by atoms with E-state index in [2.05, 4.69) is 16.0 Å². The second-order valence-corrected chi connectivity index (χ2v) is 5.30. The van der Waals surface area contributed by atoms with Gasteiger partial charge in [0.05, 0.1) is 29.9 Å². The lowest BCUT2D eigenvalue weighted by atomic mass is 10.1. The van der Waals surface area contributed by atoms with Crippen molar-refractivity contribution in [1.29, 1.82) is 5.26 Å². The number of aliphatic hydroxyl groups excluding tert-OH is 1. The number of hydrogen-bond donors (Lipinski definition) is 1. The van der Waals surface area contributed by atoms with Crippen LogP contribution in [0.15, 0.2) is 30.5 Å². The highest BCUT2D eigenvalue weighted by molar-refractivity contribution is 5.95. The minimum atomic E-state index is -0.184. The maximum Gasteiger partial charge on any atom is 0.101 e. The first kappa shape index (κ1) is 13.8. The zero-order valence-corrected chi connectivity index (χ0v) is 11.9. The Morgan fingerprint density at radius 2 is 2.29 bits per heavy atom. The molecule has 2 heterocycles. The fourth-order valence-electron chi connectivity index (χ4n) is 2.87. The number of aromatic nitrogens is 1. The van der Waals surface area contributed by atoms with E-state index in [0.29, 0.717) is 12.1 Å². The molecule has 5 nitrogen and oxygen atoms in total. The van der Waals surface area contributed by atoms with Crippen molar-refractivity contribution in [3.8, 4) is 6.07 Å². The monoisotopic (exact) mass is 283 g/mol. The standard InChI is InChI=1S/C16H17N3O2/c1-11-8-19(9-13(10-20)21-11)15-5-4-12(7-17)16-14(15)3-2-6-18-16/h2-6,11,13,20H,8-10H2,1H3/t11-,13-/m1/s1. The van der Waals surface area contributed by atoms with Crippen LogP contribution in [-0.4, -0.2) is 42.0 Å². The van der Waals surface area contributed by atoms with Gasteiger partial charge in [0.25, 0.3) is 0 Å². The van der Waals surface area contributed by atoms with Gasteiger partial charge in [0.15, 0.2) is 0 Å². The Hall–Kier alpha value is -2.16. The smallest absolute Gasteiger partial charge is 0.101 e. The lowest BCUT2D eigenvalue weighted by molar-refractivity contribution is -0.0420. The van der Waals surface area contributed by atoms with Crippen molar-refractivity contribution < 1.29 is 9.84 Å². The molecule has 1 fully saturated rings. The lowest BCUT2D eigenvalue weighted by Gasteiger charge is -2.38.